The van der Waals surface area contributed by atoms with Gasteiger partial charge < -0.3 is 14.4 Å². The number of nitrogens with zero attached hydrogens (tertiary/aromatic N) is 2. The van der Waals surface area contributed by atoms with E-state index >= 15 is 0 Å². The molecule has 1 amide bonds. The van der Waals surface area contributed by atoms with Crippen molar-refractivity contribution in [2.24, 2.45) is 0 Å². The van der Waals surface area contributed by atoms with Crippen molar-refractivity contribution in [3.05, 3.63) is 41.9 Å². The van der Waals surface area contributed by atoms with Crippen molar-refractivity contribution in [2.45, 2.75) is 88.4 Å². The van der Waals surface area contributed by atoms with Crippen LogP contribution in [0, 0.1) is 0 Å². The number of furan rings is 1. The highest BCUT2D eigenvalue weighted by Gasteiger charge is 2.29. The normalized spacial score (nSPS) is 18.9. The predicted octanol–water partition coefficient (Wildman–Crippen LogP) is 4.78. The first-order chi connectivity index (χ1) is 15.0. The van der Waals surface area contributed by atoms with Crippen molar-refractivity contribution in [2.75, 3.05) is 4.90 Å². The molecule has 1 saturated heterocycles. The van der Waals surface area contributed by atoms with Crippen LogP contribution in [0.15, 0.2) is 40.0 Å². The van der Waals surface area contributed by atoms with E-state index in [-0.39, 0.29) is 17.0 Å². The molecule has 0 aromatic carbocycles. The second-order valence-corrected chi connectivity index (χ2v) is 9.03. The minimum atomic E-state index is -2.11. The minimum absolute atomic E-state index is 0.0625. The van der Waals surface area contributed by atoms with E-state index in [1.165, 1.54) is 6.07 Å². The average molecular weight is 449 g/mol. The lowest BCUT2D eigenvalue weighted by molar-refractivity contribution is -0.120. The average Bonchev–Trinajstić information content (AvgIpc) is 3.23. The molecule has 170 valence electrons. The molecule has 3 atom stereocenters. The third-order valence-corrected chi connectivity index (χ3v) is 6.37. The number of anilines is 1. The summed E-state index contributed by atoms with van der Waals surface area (Å²) in [5.41, 5.74) is 1.42. The van der Waals surface area contributed by atoms with Crippen LogP contribution in [0.25, 0.3) is 0 Å². The molecule has 3 heterocycles. The molecule has 1 aliphatic heterocycles. The van der Waals surface area contributed by atoms with E-state index in [4.69, 9.17) is 8.97 Å². The first-order valence-corrected chi connectivity index (χ1v) is 12.3. The molecule has 1 aliphatic rings. The number of piperidine rings is 1. The number of aromatic nitrogens is 1. The van der Waals surface area contributed by atoms with Crippen LogP contribution >= 0.6 is 0 Å². The number of aliphatic hydroxyl groups excluding tert-OH is 1. The topological polar surface area (TPSA) is 104 Å². The molecule has 0 bridgehead atoms. The largest absolute Gasteiger partial charge is 0.450 e. The van der Waals surface area contributed by atoms with Gasteiger partial charge >= 0.3 is 0 Å². The van der Waals surface area contributed by atoms with E-state index in [0.717, 1.165) is 50.6 Å². The molecule has 1 fully saturated rings. The smallest absolute Gasteiger partial charge is 0.227 e. The zero-order valence-electron chi connectivity index (χ0n) is 18.0. The number of unbranched alkanes of at least 4 members (excludes halogenated alkanes) is 2. The Balaban J connectivity index is 1.60. The summed E-state index contributed by atoms with van der Waals surface area (Å²) in [7, 11) is 0. The molecular formula is C23H32N2O5S. The maximum atomic E-state index is 12.7. The number of aryl methyl sites for hydroxylation is 1. The lowest BCUT2D eigenvalue weighted by atomic mass is 9.95. The molecule has 2 N–H and O–H groups in total. The molecule has 3 rings (SSSR count). The van der Waals surface area contributed by atoms with Gasteiger partial charge in [-0.25, -0.2) is 4.21 Å². The third-order valence-electron chi connectivity index (χ3n) is 5.80. The summed E-state index contributed by atoms with van der Waals surface area (Å²) in [6.07, 6.45) is 9.60. The second kappa shape index (κ2) is 11.5. The molecule has 8 heteroatoms. The molecule has 7 nitrogen and oxygen atoms in total. The number of carbonyl (C=O) groups is 1. The Morgan fingerprint density at radius 3 is 2.77 bits per heavy atom. The fourth-order valence-corrected chi connectivity index (χ4v) is 4.50. The minimum Gasteiger partial charge on any atom is -0.450 e. The van der Waals surface area contributed by atoms with Crippen molar-refractivity contribution >= 4 is 22.7 Å². The number of amides is 1. The van der Waals surface area contributed by atoms with Crippen LogP contribution in [-0.4, -0.2) is 30.8 Å². The van der Waals surface area contributed by atoms with Gasteiger partial charge in [-0.2, -0.15) is 0 Å². The van der Waals surface area contributed by atoms with Gasteiger partial charge in [0.1, 0.15) is 5.76 Å². The first-order valence-electron chi connectivity index (χ1n) is 11.1. The van der Waals surface area contributed by atoms with Crippen LogP contribution in [0.2, 0.25) is 0 Å². The highest BCUT2D eigenvalue weighted by Crippen LogP contribution is 2.29. The zero-order valence-corrected chi connectivity index (χ0v) is 18.9. The Kier molecular flexibility index (Phi) is 8.80. The van der Waals surface area contributed by atoms with E-state index < -0.39 is 17.2 Å². The Morgan fingerprint density at radius 1 is 1.26 bits per heavy atom. The SMILES string of the molecule is CCCCCC(O)c1ccc(N2C(=O)CCCC2CCCc2ccc(S(=O)O)o2)cn1. The number of hydrogen-bond acceptors (Lipinski definition) is 5. The van der Waals surface area contributed by atoms with Crippen molar-refractivity contribution < 1.29 is 23.1 Å². The highest BCUT2D eigenvalue weighted by atomic mass is 32.2. The van der Waals surface area contributed by atoms with Crippen LogP contribution in [0.4, 0.5) is 5.69 Å². The monoisotopic (exact) mass is 448 g/mol. The summed E-state index contributed by atoms with van der Waals surface area (Å²) in [6.45, 7) is 2.13. The highest BCUT2D eigenvalue weighted by molar-refractivity contribution is 7.79. The molecule has 0 radical (unpaired) electrons. The summed E-state index contributed by atoms with van der Waals surface area (Å²) in [5.74, 6) is 0.777. The molecular weight excluding hydrogens is 416 g/mol. The number of hydrogen-bond donors (Lipinski definition) is 2. The Hall–Kier alpha value is -2.03. The lowest BCUT2D eigenvalue weighted by Gasteiger charge is -2.35. The molecule has 3 unspecified atom stereocenters. The van der Waals surface area contributed by atoms with Crippen molar-refractivity contribution in [1.82, 2.24) is 4.98 Å². The van der Waals surface area contributed by atoms with Gasteiger partial charge in [0.05, 0.1) is 23.7 Å². The molecule has 0 saturated carbocycles. The fraction of sp³-hybridized carbons (Fsp3) is 0.565. The molecule has 2 aromatic heterocycles. The second-order valence-electron chi connectivity index (χ2n) is 8.12. The van der Waals surface area contributed by atoms with E-state index in [1.807, 2.05) is 17.0 Å². The summed E-state index contributed by atoms with van der Waals surface area (Å²) < 4.78 is 25.5. The van der Waals surface area contributed by atoms with Crippen LogP contribution < -0.4 is 4.90 Å². The van der Waals surface area contributed by atoms with Crippen LogP contribution in [0.5, 0.6) is 0 Å². The Labute approximate surface area is 186 Å². The first kappa shape index (κ1) is 23.6. The van der Waals surface area contributed by atoms with E-state index in [9.17, 15) is 14.1 Å². The zero-order chi connectivity index (χ0) is 22.2. The molecule has 31 heavy (non-hydrogen) atoms. The summed E-state index contributed by atoms with van der Waals surface area (Å²) in [4.78, 5) is 19.0. The van der Waals surface area contributed by atoms with Gasteiger partial charge in [0.2, 0.25) is 22.1 Å². The summed E-state index contributed by atoms with van der Waals surface area (Å²) >= 11 is -2.11. The fourth-order valence-electron chi connectivity index (χ4n) is 4.14. The maximum Gasteiger partial charge on any atom is 0.227 e. The van der Waals surface area contributed by atoms with E-state index in [2.05, 4.69) is 11.9 Å². The van der Waals surface area contributed by atoms with Crippen LogP contribution in [-0.2, 0) is 22.3 Å². The van der Waals surface area contributed by atoms with E-state index in [1.54, 1.807) is 12.3 Å². The predicted molar refractivity (Wildman–Crippen MR) is 119 cm³/mol. The van der Waals surface area contributed by atoms with Gasteiger partial charge in [0, 0.05) is 18.9 Å². The molecule has 0 spiro atoms. The standard InChI is InChI=1S/C23H32N2O5S/c1-2-3-4-10-21(26)20-14-12-18(16-24-20)25-17(8-6-11-22(25)27)7-5-9-19-13-15-23(30-19)31(28)29/h12-17,21,26H,2-11H2,1H3,(H,28,29). The number of rotatable bonds is 11. The Morgan fingerprint density at radius 2 is 2.10 bits per heavy atom. The van der Waals surface area contributed by atoms with Crippen LogP contribution in [0.3, 0.4) is 0 Å². The van der Waals surface area contributed by atoms with Gasteiger partial charge in [0.15, 0.2) is 0 Å². The number of pyridine rings is 1. The maximum absolute atomic E-state index is 12.7. The van der Waals surface area contributed by atoms with Gasteiger partial charge in [0.25, 0.3) is 0 Å². The Bertz CT molecular complexity index is 867. The summed E-state index contributed by atoms with van der Waals surface area (Å²) in [5, 5.41) is 10.4. The van der Waals surface area contributed by atoms with Gasteiger partial charge in [-0.15, -0.1) is 0 Å². The van der Waals surface area contributed by atoms with Crippen molar-refractivity contribution in [1.29, 1.82) is 0 Å². The third kappa shape index (κ3) is 6.48. The summed E-state index contributed by atoms with van der Waals surface area (Å²) in [6, 6.07) is 7.04. The lowest BCUT2D eigenvalue weighted by Crippen LogP contribution is -2.44. The van der Waals surface area contributed by atoms with Gasteiger partial charge in [-0.1, -0.05) is 26.2 Å². The van der Waals surface area contributed by atoms with Gasteiger partial charge in [-0.3, -0.25) is 14.3 Å². The number of aliphatic hydroxyl groups is 1. The van der Waals surface area contributed by atoms with Crippen molar-refractivity contribution in [3.8, 4) is 0 Å². The molecule has 0 aliphatic carbocycles. The van der Waals surface area contributed by atoms with Crippen LogP contribution in [0.1, 0.15) is 82.3 Å². The van der Waals surface area contributed by atoms with Crippen molar-refractivity contribution in [3.63, 3.8) is 0 Å². The van der Waals surface area contributed by atoms with E-state index in [0.29, 0.717) is 30.7 Å². The molecule has 2 aromatic rings. The number of carbonyl (C=O) groups excluding carboxylic acids is 1. The quantitative estimate of drug-likeness (QED) is 0.379. The van der Waals surface area contributed by atoms with Gasteiger partial charge in [-0.05, 0) is 56.4 Å².